The zero-order valence-corrected chi connectivity index (χ0v) is 15.8. The molecule has 0 atom stereocenters. The molecule has 4 aromatic rings. The van der Waals surface area contributed by atoms with Gasteiger partial charge in [0.2, 0.25) is 5.95 Å². The number of anilines is 1. The van der Waals surface area contributed by atoms with Gasteiger partial charge < -0.3 is 5.73 Å². The van der Waals surface area contributed by atoms with Crippen LogP contribution in [0.2, 0.25) is 0 Å². The fourth-order valence-electron chi connectivity index (χ4n) is 4.08. The predicted octanol–water partition coefficient (Wildman–Crippen LogP) is 5.09. The van der Waals surface area contributed by atoms with Crippen LogP contribution in [0.5, 0.6) is 0 Å². The van der Waals surface area contributed by atoms with Gasteiger partial charge in [0.25, 0.3) is 0 Å². The van der Waals surface area contributed by atoms with Crippen LogP contribution in [0.15, 0.2) is 72.8 Å². The van der Waals surface area contributed by atoms with Crippen LogP contribution in [0.1, 0.15) is 25.0 Å². The Labute approximate surface area is 164 Å². The summed E-state index contributed by atoms with van der Waals surface area (Å²) in [6.45, 7) is 4.53. The van der Waals surface area contributed by atoms with E-state index in [0.717, 1.165) is 11.1 Å². The molecular formula is C24H20N4. The van der Waals surface area contributed by atoms with E-state index in [0.29, 0.717) is 11.6 Å². The number of rotatable bonds is 2. The fraction of sp³-hybridized carbons (Fsp3) is 0.125. The Kier molecular flexibility index (Phi) is 3.56. The highest BCUT2D eigenvalue weighted by Gasteiger charge is 2.35. The molecule has 1 aliphatic carbocycles. The molecule has 0 amide bonds. The zero-order chi connectivity index (χ0) is 19.3. The number of hydrogen-bond acceptors (Lipinski definition) is 4. The number of nitrogen functional groups attached to an aromatic ring is 1. The van der Waals surface area contributed by atoms with Gasteiger partial charge in [-0.05, 0) is 28.3 Å². The van der Waals surface area contributed by atoms with Crippen LogP contribution in [0, 0.1) is 0 Å². The van der Waals surface area contributed by atoms with E-state index >= 15 is 0 Å². The van der Waals surface area contributed by atoms with Gasteiger partial charge in [-0.2, -0.15) is 9.97 Å². The summed E-state index contributed by atoms with van der Waals surface area (Å²) < 4.78 is 0. The summed E-state index contributed by atoms with van der Waals surface area (Å²) in [5.74, 6) is 1.42. The van der Waals surface area contributed by atoms with Gasteiger partial charge in [0.1, 0.15) is 0 Å². The molecule has 0 spiro atoms. The van der Waals surface area contributed by atoms with E-state index < -0.39 is 0 Å². The minimum absolute atomic E-state index is 0.0667. The third-order valence-electron chi connectivity index (χ3n) is 5.53. The third-order valence-corrected chi connectivity index (χ3v) is 5.53. The molecule has 0 unspecified atom stereocenters. The quantitative estimate of drug-likeness (QED) is 0.538. The lowest BCUT2D eigenvalue weighted by Gasteiger charge is -2.21. The molecule has 0 saturated carbocycles. The predicted molar refractivity (Wildman–Crippen MR) is 113 cm³/mol. The van der Waals surface area contributed by atoms with Gasteiger partial charge in [0, 0.05) is 16.5 Å². The molecule has 0 fully saturated rings. The van der Waals surface area contributed by atoms with Gasteiger partial charge in [-0.1, -0.05) is 80.6 Å². The van der Waals surface area contributed by atoms with Gasteiger partial charge >= 0.3 is 0 Å². The van der Waals surface area contributed by atoms with Crippen LogP contribution in [0.4, 0.5) is 5.95 Å². The highest BCUT2D eigenvalue weighted by atomic mass is 15.1. The molecule has 2 N–H and O–H groups in total. The summed E-state index contributed by atoms with van der Waals surface area (Å²) in [6, 6.07) is 24.9. The van der Waals surface area contributed by atoms with Crippen LogP contribution >= 0.6 is 0 Å². The van der Waals surface area contributed by atoms with Crippen molar-refractivity contribution < 1.29 is 0 Å². The maximum atomic E-state index is 6.01. The number of fused-ring (bicyclic) bond motifs is 3. The average molecular weight is 364 g/mol. The molecule has 136 valence electrons. The Morgan fingerprint density at radius 1 is 0.643 bits per heavy atom. The normalized spacial score (nSPS) is 13.8. The summed E-state index contributed by atoms with van der Waals surface area (Å²) in [4.78, 5) is 13.4. The molecule has 0 radical (unpaired) electrons. The Morgan fingerprint density at radius 2 is 1.29 bits per heavy atom. The van der Waals surface area contributed by atoms with Gasteiger partial charge in [0.05, 0.1) is 0 Å². The van der Waals surface area contributed by atoms with Crippen molar-refractivity contribution in [2.45, 2.75) is 19.3 Å². The molecule has 3 aromatic carbocycles. The molecule has 0 bridgehead atoms. The Hall–Kier alpha value is -3.53. The molecule has 0 saturated heterocycles. The minimum atomic E-state index is -0.0667. The summed E-state index contributed by atoms with van der Waals surface area (Å²) >= 11 is 0. The lowest BCUT2D eigenvalue weighted by Crippen LogP contribution is -2.15. The van der Waals surface area contributed by atoms with Crippen molar-refractivity contribution in [1.82, 2.24) is 15.0 Å². The van der Waals surface area contributed by atoms with Crippen LogP contribution in [0.3, 0.4) is 0 Å². The van der Waals surface area contributed by atoms with Gasteiger partial charge in [-0.25, -0.2) is 4.98 Å². The Bertz CT molecular complexity index is 1200. The molecule has 28 heavy (non-hydrogen) atoms. The average Bonchev–Trinajstić information content (AvgIpc) is 2.95. The molecule has 4 heteroatoms. The van der Waals surface area contributed by atoms with Gasteiger partial charge in [-0.3, -0.25) is 0 Å². The van der Waals surface area contributed by atoms with Crippen molar-refractivity contribution in [1.29, 1.82) is 0 Å². The van der Waals surface area contributed by atoms with Crippen LogP contribution < -0.4 is 5.73 Å². The molecule has 1 aromatic heterocycles. The molecule has 1 heterocycles. The van der Waals surface area contributed by atoms with E-state index in [9.17, 15) is 0 Å². The SMILES string of the molecule is CC1(C)c2ccccc2-c2ccc(-c3nc(N)nc(-c4ccccc4)n3)cc21. The Morgan fingerprint density at radius 3 is 2.07 bits per heavy atom. The maximum absolute atomic E-state index is 6.01. The minimum Gasteiger partial charge on any atom is -0.368 e. The fourth-order valence-corrected chi connectivity index (χ4v) is 4.08. The standard InChI is InChI=1S/C24H20N4/c1-24(2)19-11-7-6-10-17(19)18-13-12-16(14-20(18)24)22-26-21(27-23(25)28-22)15-8-4-3-5-9-15/h3-14H,1-2H3,(H2,25,26,27,28). The van der Waals surface area contributed by atoms with E-state index in [4.69, 9.17) is 10.7 Å². The lowest BCUT2D eigenvalue weighted by molar-refractivity contribution is 0.660. The first-order valence-corrected chi connectivity index (χ1v) is 9.36. The van der Waals surface area contributed by atoms with Crippen LogP contribution in [0.25, 0.3) is 33.9 Å². The van der Waals surface area contributed by atoms with Gasteiger partial charge in [0.15, 0.2) is 11.6 Å². The van der Waals surface area contributed by atoms with Crippen molar-refractivity contribution in [2.24, 2.45) is 0 Å². The smallest absolute Gasteiger partial charge is 0.224 e. The summed E-state index contributed by atoms with van der Waals surface area (Å²) in [5, 5.41) is 0. The van der Waals surface area contributed by atoms with Crippen molar-refractivity contribution in [3.63, 3.8) is 0 Å². The lowest BCUT2D eigenvalue weighted by atomic mass is 9.82. The monoisotopic (exact) mass is 364 g/mol. The van der Waals surface area contributed by atoms with E-state index in [1.54, 1.807) is 0 Å². The molecule has 1 aliphatic rings. The molecule has 4 nitrogen and oxygen atoms in total. The summed E-state index contributed by atoms with van der Waals surface area (Å²) in [5.41, 5.74) is 13.0. The summed E-state index contributed by atoms with van der Waals surface area (Å²) in [7, 11) is 0. The number of nitrogens with two attached hydrogens (primary N) is 1. The van der Waals surface area contributed by atoms with E-state index in [1.165, 1.54) is 22.3 Å². The first-order valence-electron chi connectivity index (χ1n) is 9.36. The largest absolute Gasteiger partial charge is 0.368 e. The van der Waals surface area contributed by atoms with Crippen molar-refractivity contribution in [3.8, 4) is 33.9 Å². The first kappa shape index (κ1) is 16.6. The van der Waals surface area contributed by atoms with Crippen LogP contribution in [-0.4, -0.2) is 15.0 Å². The van der Waals surface area contributed by atoms with E-state index in [2.05, 4.69) is 66.3 Å². The number of aromatic nitrogens is 3. The Balaban J connectivity index is 1.65. The zero-order valence-electron chi connectivity index (χ0n) is 15.8. The van der Waals surface area contributed by atoms with Crippen LogP contribution in [-0.2, 0) is 5.41 Å². The first-order chi connectivity index (χ1) is 13.5. The van der Waals surface area contributed by atoms with E-state index in [-0.39, 0.29) is 11.4 Å². The maximum Gasteiger partial charge on any atom is 0.224 e. The number of nitrogens with zero attached hydrogens (tertiary/aromatic N) is 3. The second kappa shape index (κ2) is 5.99. The third kappa shape index (κ3) is 2.49. The van der Waals surface area contributed by atoms with Crippen molar-refractivity contribution in [3.05, 3.63) is 83.9 Å². The number of hydrogen-bond donors (Lipinski definition) is 1. The molecule has 0 aliphatic heterocycles. The second-order valence-electron chi connectivity index (χ2n) is 7.64. The molecular weight excluding hydrogens is 344 g/mol. The van der Waals surface area contributed by atoms with E-state index in [1.807, 2.05) is 30.3 Å². The second-order valence-corrected chi connectivity index (χ2v) is 7.64. The molecule has 5 rings (SSSR count). The van der Waals surface area contributed by atoms with Crippen molar-refractivity contribution in [2.75, 3.05) is 5.73 Å². The topological polar surface area (TPSA) is 64.7 Å². The van der Waals surface area contributed by atoms with Gasteiger partial charge in [-0.15, -0.1) is 0 Å². The highest BCUT2D eigenvalue weighted by molar-refractivity contribution is 5.83. The number of benzene rings is 3. The van der Waals surface area contributed by atoms with Crippen molar-refractivity contribution >= 4 is 5.95 Å². The summed E-state index contributed by atoms with van der Waals surface area (Å²) in [6.07, 6.45) is 0. The highest BCUT2D eigenvalue weighted by Crippen LogP contribution is 2.49.